The van der Waals surface area contributed by atoms with Crippen LogP contribution in [0.1, 0.15) is 11.1 Å². The van der Waals surface area contributed by atoms with Gasteiger partial charge in [-0.25, -0.2) is 0 Å². The topological polar surface area (TPSA) is 82.4 Å². The van der Waals surface area contributed by atoms with Gasteiger partial charge < -0.3 is 15.2 Å². The molecular weight excluding hydrogens is 396 g/mol. The van der Waals surface area contributed by atoms with Crippen LogP contribution in [0.4, 0.5) is 5.69 Å². The highest BCUT2D eigenvalue weighted by molar-refractivity contribution is 9.10. The minimum atomic E-state index is -0.525. The van der Waals surface area contributed by atoms with Gasteiger partial charge in [0.25, 0.3) is 5.91 Å². The number of methoxy groups -OCH3 is 1. The predicted octanol–water partition coefficient (Wildman–Crippen LogP) is 4.44. The highest BCUT2D eigenvalue weighted by Crippen LogP contribution is 2.32. The standard InChI is InChI=1S/C20H17BrN2O3/c1-3-5-14-8-13(10-18(26-2)19(14)24)9-15(12-22)20(25)23-17-7-4-6-16(21)11-17/h3-4,6-11,24H,1,5H2,2H3,(H,23,25). The Morgan fingerprint density at radius 2 is 2.19 bits per heavy atom. The second kappa shape index (κ2) is 8.88. The van der Waals surface area contributed by atoms with Crippen molar-refractivity contribution in [1.82, 2.24) is 0 Å². The zero-order valence-electron chi connectivity index (χ0n) is 14.1. The number of ether oxygens (including phenoxy) is 1. The number of nitrogens with zero attached hydrogens (tertiary/aromatic N) is 1. The number of hydrogen-bond donors (Lipinski definition) is 2. The van der Waals surface area contributed by atoms with Crippen LogP contribution in [0.25, 0.3) is 6.08 Å². The van der Waals surface area contributed by atoms with Gasteiger partial charge in [0.2, 0.25) is 0 Å². The van der Waals surface area contributed by atoms with Crippen molar-refractivity contribution in [3.05, 3.63) is 70.2 Å². The fourth-order valence-electron chi connectivity index (χ4n) is 2.32. The zero-order chi connectivity index (χ0) is 19.1. The summed E-state index contributed by atoms with van der Waals surface area (Å²) < 4.78 is 5.97. The molecule has 6 heteroatoms. The number of amides is 1. The van der Waals surface area contributed by atoms with Gasteiger partial charge in [-0.15, -0.1) is 6.58 Å². The van der Waals surface area contributed by atoms with E-state index in [1.54, 1.807) is 36.4 Å². The summed E-state index contributed by atoms with van der Waals surface area (Å²) in [5, 5.41) is 22.2. The number of rotatable bonds is 6. The first-order valence-electron chi connectivity index (χ1n) is 7.68. The average molecular weight is 413 g/mol. The van der Waals surface area contributed by atoms with E-state index >= 15 is 0 Å². The Hall–Kier alpha value is -3.04. The van der Waals surface area contributed by atoms with E-state index in [9.17, 15) is 15.2 Å². The minimum Gasteiger partial charge on any atom is -0.504 e. The van der Waals surface area contributed by atoms with Crippen LogP contribution in [0, 0.1) is 11.3 Å². The molecule has 0 bridgehead atoms. The van der Waals surface area contributed by atoms with Crippen LogP contribution in [0.15, 0.2) is 59.1 Å². The van der Waals surface area contributed by atoms with Crippen LogP contribution < -0.4 is 10.1 Å². The maximum Gasteiger partial charge on any atom is 0.266 e. The van der Waals surface area contributed by atoms with Gasteiger partial charge in [0.05, 0.1) is 7.11 Å². The number of carbonyl (C=O) groups excluding carboxylic acids is 1. The number of anilines is 1. The molecule has 26 heavy (non-hydrogen) atoms. The van der Waals surface area contributed by atoms with Crippen molar-refractivity contribution in [1.29, 1.82) is 5.26 Å². The second-order valence-electron chi connectivity index (χ2n) is 5.36. The molecule has 0 atom stereocenters. The van der Waals surface area contributed by atoms with Crippen LogP contribution in [0.3, 0.4) is 0 Å². The molecule has 0 saturated heterocycles. The van der Waals surface area contributed by atoms with E-state index in [0.717, 1.165) is 4.47 Å². The Balaban J connectivity index is 2.35. The molecule has 0 saturated carbocycles. The van der Waals surface area contributed by atoms with Crippen LogP contribution in [0.5, 0.6) is 11.5 Å². The number of nitrogens with one attached hydrogen (secondary N) is 1. The molecule has 0 radical (unpaired) electrons. The van der Waals surface area contributed by atoms with Crippen molar-refractivity contribution in [3.8, 4) is 17.6 Å². The van der Waals surface area contributed by atoms with Crippen LogP contribution >= 0.6 is 15.9 Å². The van der Waals surface area contributed by atoms with E-state index in [0.29, 0.717) is 23.2 Å². The largest absolute Gasteiger partial charge is 0.504 e. The molecule has 2 rings (SSSR count). The monoisotopic (exact) mass is 412 g/mol. The molecule has 0 heterocycles. The fraction of sp³-hybridized carbons (Fsp3) is 0.100. The lowest BCUT2D eigenvalue weighted by molar-refractivity contribution is -0.112. The second-order valence-corrected chi connectivity index (χ2v) is 6.27. The van der Waals surface area contributed by atoms with Crippen molar-refractivity contribution in [3.63, 3.8) is 0 Å². The van der Waals surface area contributed by atoms with Crippen LogP contribution in [-0.2, 0) is 11.2 Å². The summed E-state index contributed by atoms with van der Waals surface area (Å²) >= 11 is 3.33. The van der Waals surface area contributed by atoms with E-state index in [2.05, 4.69) is 27.8 Å². The van der Waals surface area contributed by atoms with E-state index in [1.807, 2.05) is 12.1 Å². The lowest BCUT2D eigenvalue weighted by atomic mass is 10.0. The lowest BCUT2D eigenvalue weighted by Crippen LogP contribution is -2.13. The summed E-state index contributed by atoms with van der Waals surface area (Å²) in [5.41, 5.74) is 1.66. The van der Waals surface area contributed by atoms with E-state index in [4.69, 9.17) is 4.74 Å². The molecule has 0 spiro atoms. The number of carbonyl (C=O) groups is 1. The van der Waals surface area contributed by atoms with Gasteiger partial charge in [0.1, 0.15) is 11.6 Å². The van der Waals surface area contributed by atoms with Crippen molar-refractivity contribution in [2.45, 2.75) is 6.42 Å². The molecule has 0 aliphatic rings. The lowest BCUT2D eigenvalue weighted by Gasteiger charge is -2.10. The third-order valence-corrected chi connectivity index (χ3v) is 4.01. The number of benzene rings is 2. The molecular formula is C20H17BrN2O3. The minimum absolute atomic E-state index is 0.0154. The third kappa shape index (κ3) is 4.74. The Morgan fingerprint density at radius 3 is 2.81 bits per heavy atom. The van der Waals surface area contributed by atoms with Crippen LogP contribution in [0.2, 0.25) is 0 Å². The zero-order valence-corrected chi connectivity index (χ0v) is 15.7. The third-order valence-electron chi connectivity index (χ3n) is 3.52. The van der Waals surface area contributed by atoms with Gasteiger partial charge in [0, 0.05) is 15.7 Å². The van der Waals surface area contributed by atoms with E-state index in [1.165, 1.54) is 13.2 Å². The smallest absolute Gasteiger partial charge is 0.266 e. The SMILES string of the molecule is C=CCc1cc(C=C(C#N)C(=O)Nc2cccc(Br)c2)cc(OC)c1O. The van der Waals surface area contributed by atoms with Gasteiger partial charge in [-0.3, -0.25) is 4.79 Å². The van der Waals surface area contributed by atoms with Crippen molar-refractivity contribution >= 4 is 33.6 Å². The molecule has 0 aliphatic carbocycles. The van der Waals surface area contributed by atoms with Gasteiger partial charge in [-0.05, 0) is 48.4 Å². The number of aromatic hydroxyl groups is 1. The Kier molecular flexibility index (Phi) is 6.59. The van der Waals surface area contributed by atoms with E-state index in [-0.39, 0.29) is 17.1 Å². The number of hydrogen-bond acceptors (Lipinski definition) is 4. The number of nitriles is 1. The van der Waals surface area contributed by atoms with Crippen molar-refractivity contribution in [2.24, 2.45) is 0 Å². The van der Waals surface area contributed by atoms with Gasteiger partial charge in [-0.1, -0.05) is 28.1 Å². The van der Waals surface area contributed by atoms with Crippen LogP contribution in [-0.4, -0.2) is 18.1 Å². The molecule has 0 aliphatic heterocycles. The first-order chi connectivity index (χ1) is 12.5. The van der Waals surface area contributed by atoms with Gasteiger partial charge in [-0.2, -0.15) is 5.26 Å². The summed E-state index contributed by atoms with van der Waals surface area (Å²) in [5.74, 6) is -0.246. The molecule has 2 aromatic carbocycles. The van der Waals surface area contributed by atoms with Crippen molar-refractivity contribution < 1.29 is 14.6 Å². The maximum absolute atomic E-state index is 12.4. The Bertz CT molecular complexity index is 914. The first-order valence-corrected chi connectivity index (χ1v) is 8.47. The molecule has 2 N–H and O–H groups in total. The number of phenols is 1. The molecule has 0 aromatic heterocycles. The Labute approximate surface area is 160 Å². The van der Waals surface area contributed by atoms with Crippen molar-refractivity contribution in [2.75, 3.05) is 12.4 Å². The molecule has 5 nitrogen and oxygen atoms in total. The summed E-state index contributed by atoms with van der Waals surface area (Å²) in [6.07, 6.45) is 3.52. The Morgan fingerprint density at radius 1 is 1.42 bits per heavy atom. The summed E-state index contributed by atoms with van der Waals surface area (Å²) in [6.45, 7) is 3.65. The molecule has 0 fully saturated rings. The fourth-order valence-corrected chi connectivity index (χ4v) is 2.72. The summed E-state index contributed by atoms with van der Waals surface area (Å²) in [7, 11) is 1.44. The maximum atomic E-state index is 12.4. The normalized spacial score (nSPS) is 10.7. The number of phenolic OH excluding ortho intramolecular Hbond substituents is 1. The van der Waals surface area contributed by atoms with Gasteiger partial charge in [0.15, 0.2) is 11.5 Å². The predicted molar refractivity (Wildman–Crippen MR) is 105 cm³/mol. The molecule has 1 amide bonds. The molecule has 132 valence electrons. The number of allylic oxidation sites excluding steroid dienone is 1. The molecule has 2 aromatic rings. The van der Waals surface area contributed by atoms with E-state index < -0.39 is 5.91 Å². The quantitative estimate of drug-likeness (QED) is 0.417. The summed E-state index contributed by atoms with van der Waals surface area (Å²) in [4.78, 5) is 12.4. The summed E-state index contributed by atoms with van der Waals surface area (Å²) in [6, 6.07) is 12.2. The number of halogens is 1. The molecule has 0 unspecified atom stereocenters. The highest BCUT2D eigenvalue weighted by atomic mass is 79.9. The highest BCUT2D eigenvalue weighted by Gasteiger charge is 2.13. The van der Waals surface area contributed by atoms with Gasteiger partial charge >= 0.3 is 0 Å². The first kappa shape index (κ1) is 19.3. The average Bonchev–Trinajstić information content (AvgIpc) is 2.62.